The highest BCUT2D eigenvalue weighted by Crippen LogP contribution is 1.75. The maximum absolute atomic E-state index is 9.83. The lowest BCUT2D eigenvalue weighted by molar-refractivity contribution is -0.138. The Balaban J connectivity index is 3.34. The molecule has 0 rings (SSSR count). The number of rotatable bonds is 2. The SMILES string of the molecule is [CH2]N[C@H](C)C(=O)O. The fraction of sp³-hybridized carbons (Fsp3) is 0.500. The van der Waals surface area contributed by atoms with E-state index in [-0.39, 0.29) is 0 Å². The summed E-state index contributed by atoms with van der Waals surface area (Å²) in [6.45, 7) is 1.52. The first-order chi connectivity index (χ1) is 3.18. The van der Waals surface area contributed by atoms with Gasteiger partial charge in [0.15, 0.2) is 0 Å². The standard InChI is InChI=1S/C4H8NO2/c1-3(5-2)4(6)7/h3,5H,2H2,1H3,(H,6,7)/t3-/m1/s1. The molecule has 0 aromatic heterocycles. The van der Waals surface area contributed by atoms with Gasteiger partial charge in [0.25, 0.3) is 0 Å². The molecule has 0 fully saturated rings. The van der Waals surface area contributed by atoms with Gasteiger partial charge in [-0.25, -0.2) is 0 Å². The van der Waals surface area contributed by atoms with Crippen molar-refractivity contribution in [3.8, 4) is 0 Å². The van der Waals surface area contributed by atoms with Crippen molar-refractivity contribution in [3.63, 3.8) is 0 Å². The Labute approximate surface area is 42.3 Å². The van der Waals surface area contributed by atoms with E-state index in [1.807, 2.05) is 0 Å². The van der Waals surface area contributed by atoms with Crippen LogP contribution in [0, 0.1) is 7.05 Å². The Hall–Kier alpha value is -0.570. The average molecular weight is 102 g/mol. The summed E-state index contributed by atoms with van der Waals surface area (Å²) in [5, 5.41) is 10.4. The van der Waals surface area contributed by atoms with Crippen LogP contribution in [0.15, 0.2) is 0 Å². The van der Waals surface area contributed by atoms with Crippen molar-refractivity contribution >= 4 is 5.97 Å². The zero-order chi connectivity index (χ0) is 5.86. The fourth-order valence-electron chi connectivity index (χ4n) is 0.0873. The third-order valence-corrected chi connectivity index (χ3v) is 0.677. The lowest BCUT2D eigenvalue weighted by Crippen LogP contribution is -2.28. The van der Waals surface area contributed by atoms with Gasteiger partial charge in [-0.1, -0.05) is 0 Å². The molecule has 0 amide bonds. The van der Waals surface area contributed by atoms with Crippen LogP contribution >= 0.6 is 0 Å². The summed E-state index contributed by atoms with van der Waals surface area (Å²) in [4.78, 5) is 9.83. The quantitative estimate of drug-likeness (QED) is 0.509. The Morgan fingerprint density at radius 2 is 2.43 bits per heavy atom. The van der Waals surface area contributed by atoms with Gasteiger partial charge in [0.05, 0.1) is 0 Å². The van der Waals surface area contributed by atoms with E-state index in [1.165, 1.54) is 6.92 Å². The van der Waals surface area contributed by atoms with Gasteiger partial charge >= 0.3 is 5.97 Å². The van der Waals surface area contributed by atoms with Crippen LogP contribution in [0.25, 0.3) is 0 Å². The molecule has 3 nitrogen and oxygen atoms in total. The van der Waals surface area contributed by atoms with E-state index in [2.05, 4.69) is 12.4 Å². The Morgan fingerprint density at radius 1 is 2.00 bits per heavy atom. The molecule has 2 N–H and O–H groups in total. The summed E-state index contributed by atoms with van der Waals surface area (Å²) < 4.78 is 0. The molecule has 1 radical (unpaired) electrons. The van der Waals surface area contributed by atoms with Crippen molar-refractivity contribution in [2.24, 2.45) is 0 Å². The number of carbonyl (C=O) groups is 1. The summed E-state index contributed by atoms with van der Waals surface area (Å²) in [5.41, 5.74) is 0. The lowest BCUT2D eigenvalue weighted by Gasteiger charge is -1.99. The zero-order valence-electron chi connectivity index (χ0n) is 4.14. The van der Waals surface area contributed by atoms with Gasteiger partial charge in [-0.15, -0.1) is 0 Å². The third kappa shape index (κ3) is 2.17. The molecular formula is C4H8NO2. The minimum Gasteiger partial charge on any atom is -0.480 e. The van der Waals surface area contributed by atoms with E-state index >= 15 is 0 Å². The van der Waals surface area contributed by atoms with Gasteiger partial charge in [-0.05, 0) is 6.92 Å². The zero-order valence-corrected chi connectivity index (χ0v) is 4.14. The molecule has 1 atom stereocenters. The molecule has 7 heavy (non-hydrogen) atoms. The number of carboxylic acid groups (broad SMARTS) is 1. The van der Waals surface area contributed by atoms with Gasteiger partial charge in [0.2, 0.25) is 0 Å². The number of hydrogen-bond acceptors (Lipinski definition) is 2. The molecule has 0 aromatic carbocycles. The van der Waals surface area contributed by atoms with Crippen LogP contribution in [-0.4, -0.2) is 17.1 Å². The summed E-state index contributed by atoms with van der Waals surface area (Å²) in [6.07, 6.45) is 0. The van der Waals surface area contributed by atoms with Crippen molar-refractivity contribution in [1.82, 2.24) is 5.32 Å². The Bertz CT molecular complexity index is 72.1. The molecule has 3 heteroatoms. The predicted molar refractivity (Wildman–Crippen MR) is 25.6 cm³/mol. The summed E-state index contributed by atoms with van der Waals surface area (Å²) in [6, 6.07) is -0.542. The number of nitrogens with one attached hydrogen (secondary N) is 1. The second-order valence-corrected chi connectivity index (χ2v) is 1.26. The van der Waals surface area contributed by atoms with Crippen LogP contribution in [0.1, 0.15) is 6.92 Å². The smallest absolute Gasteiger partial charge is 0.320 e. The van der Waals surface area contributed by atoms with E-state index < -0.39 is 12.0 Å². The maximum Gasteiger partial charge on any atom is 0.320 e. The minimum absolute atomic E-state index is 0.542. The molecule has 0 aliphatic rings. The topological polar surface area (TPSA) is 49.3 Å². The highest BCUT2D eigenvalue weighted by atomic mass is 16.4. The van der Waals surface area contributed by atoms with Crippen LogP contribution in [0.4, 0.5) is 0 Å². The lowest BCUT2D eigenvalue weighted by atomic mass is 10.4. The molecule has 0 aromatic rings. The Morgan fingerprint density at radius 3 is 2.43 bits per heavy atom. The molecule has 0 bridgehead atoms. The normalized spacial score (nSPS) is 13.4. The van der Waals surface area contributed by atoms with E-state index in [0.29, 0.717) is 0 Å². The van der Waals surface area contributed by atoms with Gasteiger partial charge in [-0.3, -0.25) is 4.79 Å². The van der Waals surface area contributed by atoms with Crippen molar-refractivity contribution in [2.45, 2.75) is 13.0 Å². The summed E-state index contributed by atoms with van der Waals surface area (Å²) in [5.74, 6) is -0.880. The first kappa shape index (κ1) is 6.43. The second-order valence-electron chi connectivity index (χ2n) is 1.26. The number of aliphatic carboxylic acids is 1. The summed E-state index contributed by atoms with van der Waals surface area (Å²) in [7, 11) is 3.18. The number of hydrogen-bond donors (Lipinski definition) is 2. The van der Waals surface area contributed by atoms with Crippen LogP contribution in [0.2, 0.25) is 0 Å². The Kier molecular flexibility index (Phi) is 2.37. The van der Waals surface area contributed by atoms with Gasteiger partial charge in [-0.2, -0.15) is 0 Å². The van der Waals surface area contributed by atoms with Crippen LogP contribution in [0.5, 0.6) is 0 Å². The van der Waals surface area contributed by atoms with Crippen molar-refractivity contribution < 1.29 is 9.90 Å². The first-order valence-electron chi connectivity index (χ1n) is 1.94. The minimum atomic E-state index is -0.880. The van der Waals surface area contributed by atoms with Gasteiger partial charge in [0, 0.05) is 7.05 Å². The molecule has 0 aliphatic carbocycles. The van der Waals surface area contributed by atoms with Crippen molar-refractivity contribution in [1.29, 1.82) is 0 Å². The van der Waals surface area contributed by atoms with E-state index in [9.17, 15) is 4.79 Å². The van der Waals surface area contributed by atoms with Crippen LogP contribution in [0.3, 0.4) is 0 Å². The van der Waals surface area contributed by atoms with Gasteiger partial charge in [0.1, 0.15) is 6.04 Å². The van der Waals surface area contributed by atoms with E-state index in [1.54, 1.807) is 0 Å². The van der Waals surface area contributed by atoms with Crippen molar-refractivity contribution in [3.05, 3.63) is 7.05 Å². The maximum atomic E-state index is 9.83. The van der Waals surface area contributed by atoms with E-state index in [4.69, 9.17) is 5.11 Å². The largest absolute Gasteiger partial charge is 0.480 e. The molecule has 41 valence electrons. The molecule has 0 spiro atoms. The molecule has 0 heterocycles. The highest BCUT2D eigenvalue weighted by molar-refractivity contribution is 5.72. The van der Waals surface area contributed by atoms with Crippen LogP contribution < -0.4 is 5.32 Å². The molecule has 0 aliphatic heterocycles. The van der Waals surface area contributed by atoms with Crippen LogP contribution in [-0.2, 0) is 4.79 Å². The number of carboxylic acids is 1. The molecular weight excluding hydrogens is 94.0 g/mol. The monoisotopic (exact) mass is 102 g/mol. The second kappa shape index (κ2) is 2.58. The predicted octanol–water partition coefficient (Wildman–Crippen LogP) is -0.159. The first-order valence-corrected chi connectivity index (χ1v) is 1.94. The van der Waals surface area contributed by atoms with Gasteiger partial charge < -0.3 is 10.4 Å². The average Bonchev–Trinajstić information content (AvgIpc) is 1.65. The summed E-state index contributed by atoms with van der Waals surface area (Å²) >= 11 is 0. The van der Waals surface area contributed by atoms with Crippen molar-refractivity contribution in [2.75, 3.05) is 0 Å². The highest BCUT2D eigenvalue weighted by Gasteiger charge is 2.04. The fourth-order valence-corrected chi connectivity index (χ4v) is 0.0873. The molecule has 0 unspecified atom stereocenters. The molecule has 0 saturated heterocycles. The third-order valence-electron chi connectivity index (χ3n) is 0.677. The van der Waals surface area contributed by atoms with E-state index in [0.717, 1.165) is 0 Å². The molecule has 0 saturated carbocycles.